The maximum absolute atomic E-state index is 13.4. The van der Waals surface area contributed by atoms with Gasteiger partial charge in [-0.2, -0.15) is 10.2 Å². The second-order valence-electron chi connectivity index (χ2n) is 5.97. The Morgan fingerprint density at radius 1 is 1.26 bits per heavy atom. The van der Waals surface area contributed by atoms with Gasteiger partial charge in [0.2, 0.25) is 0 Å². The van der Waals surface area contributed by atoms with Crippen molar-refractivity contribution in [3.8, 4) is 0 Å². The molecule has 0 spiro atoms. The van der Waals surface area contributed by atoms with Crippen molar-refractivity contribution >= 4 is 23.2 Å². The van der Waals surface area contributed by atoms with E-state index in [9.17, 15) is 14.7 Å². The van der Waals surface area contributed by atoms with Crippen molar-refractivity contribution in [1.29, 1.82) is 0 Å². The van der Waals surface area contributed by atoms with Gasteiger partial charge in [0.05, 0.1) is 25.1 Å². The summed E-state index contributed by atoms with van der Waals surface area (Å²) in [7, 11) is 1.54. The molecule has 1 fully saturated rings. The highest BCUT2D eigenvalue weighted by Gasteiger charge is 2.32. The zero-order chi connectivity index (χ0) is 19.0. The van der Waals surface area contributed by atoms with Crippen LogP contribution in [0.25, 0.3) is 5.65 Å². The smallest absolute Gasteiger partial charge is 0.339 e. The van der Waals surface area contributed by atoms with E-state index >= 15 is 0 Å². The molecule has 3 aromatic rings. The molecular formula is C16H17N7O4. The highest BCUT2D eigenvalue weighted by Crippen LogP contribution is 2.23. The van der Waals surface area contributed by atoms with Gasteiger partial charge >= 0.3 is 5.97 Å². The molecule has 1 N–H and O–H groups in total. The number of aromatic carboxylic acids is 1. The second kappa shape index (κ2) is 6.78. The van der Waals surface area contributed by atoms with Crippen molar-refractivity contribution in [1.82, 2.24) is 29.4 Å². The molecular weight excluding hydrogens is 354 g/mol. The number of rotatable bonds is 4. The summed E-state index contributed by atoms with van der Waals surface area (Å²) in [6, 6.07) is 3.45. The number of aromatic nitrogens is 5. The molecule has 0 unspecified atom stereocenters. The second-order valence-corrected chi connectivity index (χ2v) is 5.97. The van der Waals surface area contributed by atoms with E-state index in [4.69, 9.17) is 4.74 Å². The van der Waals surface area contributed by atoms with Crippen LogP contribution in [0, 0.1) is 0 Å². The molecule has 27 heavy (non-hydrogen) atoms. The Labute approximate surface area is 153 Å². The van der Waals surface area contributed by atoms with Crippen LogP contribution in [0.15, 0.2) is 30.9 Å². The van der Waals surface area contributed by atoms with Crippen molar-refractivity contribution in [2.45, 2.75) is 0 Å². The van der Waals surface area contributed by atoms with E-state index in [1.807, 2.05) is 5.01 Å². The maximum Gasteiger partial charge on any atom is 0.339 e. The third kappa shape index (κ3) is 3.02. The van der Waals surface area contributed by atoms with Crippen molar-refractivity contribution in [3.05, 3.63) is 42.1 Å². The van der Waals surface area contributed by atoms with E-state index in [1.165, 1.54) is 22.2 Å². The lowest BCUT2D eigenvalue weighted by molar-refractivity contribution is 0.0296. The number of ether oxygens (including phenoxy) is 1. The largest absolute Gasteiger partial charge is 0.478 e. The molecule has 0 aromatic carbocycles. The predicted molar refractivity (Wildman–Crippen MR) is 92.4 cm³/mol. The first-order valence-corrected chi connectivity index (χ1v) is 8.28. The van der Waals surface area contributed by atoms with Crippen LogP contribution in [0.3, 0.4) is 0 Å². The molecule has 11 nitrogen and oxygen atoms in total. The minimum Gasteiger partial charge on any atom is -0.478 e. The van der Waals surface area contributed by atoms with Crippen molar-refractivity contribution in [3.63, 3.8) is 0 Å². The Hall–Kier alpha value is -3.31. The number of carboxylic acid groups (broad SMARTS) is 1. The first-order valence-electron chi connectivity index (χ1n) is 8.28. The minimum absolute atomic E-state index is 0.00432. The summed E-state index contributed by atoms with van der Waals surface area (Å²) in [5.41, 5.74) is 0.974. The molecule has 1 saturated heterocycles. The van der Waals surface area contributed by atoms with Gasteiger partial charge in [0.15, 0.2) is 5.65 Å². The molecule has 0 bridgehead atoms. The van der Waals surface area contributed by atoms with Crippen LogP contribution < -0.4 is 5.01 Å². The number of hydrogen-bond acceptors (Lipinski definition) is 7. The number of carbonyl (C=O) groups excluding carboxylic acids is 1. The van der Waals surface area contributed by atoms with Gasteiger partial charge < -0.3 is 9.84 Å². The molecule has 1 aliphatic rings. The maximum atomic E-state index is 13.4. The summed E-state index contributed by atoms with van der Waals surface area (Å²) < 4.78 is 8.24. The van der Waals surface area contributed by atoms with E-state index in [-0.39, 0.29) is 11.3 Å². The van der Waals surface area contributed by atoms with Crippen LogP contribution in [0.4, 0.5) is 5.69 Å². The third-order valence-electron chi connectivity index (χ3n) is 4.34. The number of morpholine rings is 1. The number of anilines is 1. The lowest BCUT2D eigenvalue weighted by atomic mass is 10.2. The number of fused-ring (bicyclic) bond motifs is 1. The minimum atomic E-state index is -1.21. The average molecular weight is 371 g/mol. The number of hydrogen-bond donors (Lipinski definition) is 1. The zero-order valence-corrected chi connectivity index (χ0v) is 14.5. The molecule has 4 rings (SSSR count). The van der Waals surface area contributed by atoms with E-state index < -0.39 is 11.9 Å². The standard InChI is InChI=1S/C16H17N7O4/c1-20-14(12(9-18-20)16(25)26)15(24)23(21-4-6-27-7-5-21)11-2-3-22-13(8-11)17-10-19-22/h2-3,8-10H,4-7H2,1H3,(H,25,26). The van der Waals surface area contributed by atoms with Gasteiger partial charge in [-0.15, -0.1) is 0 Å². The molecule has 0 atom stereocenters. The van der Waals surface area contributed by atoms with Gasteiger partial charge in [-0.1, -0.05) is 0 Å². The number of carboxylic acids is 1. The Bertz CT molecular complexity index is 1010. The van der Waals surface area contributed by atoms with Crippen LogP contribution in [0.5, 0.6) is 0 Å². The number of hydrazine groups is 1. The SMILES string of the molecule is Cn1ncc(C(=O)O)c1C(=O)N(c1ccn2ncnc2c1)N1CCOCC1. The van der Waals surface area contributed by atoms with Gasteiger partial charge in [0.25, 0.3) is 5.91 Å². The summed E-state index contributed by atoms with van der Waals surface area (Å²) in [5.74, 6) is -1.69. The number of amides is 1. The molecule has 0 aliphatic carbocycles. The summed E-state index contributed by atoms with van der Waals surface area (Å²) in [4.78, 5) is 29.1. The van der Waals surface area contributed by atoms with Gasteiger partial charge in [0.1, 0.15) is 17.6 Å². The normalized spacial score (nSPS) is 15.1. The van der Waals surface area contributed by atoms with Crippen LogP contribution in [-0.2, 0) is 11.8 Å². The summed E-state index contributed by atoms with van der Waals surface area (Å²) in [5, 5.41) is 20.7. The molecule has 0 saturated carbocycles. The van der Waals surface area contributed by atoms with Crippen LogP contribution in [0.2, 0.25) is 0 Å². The van der Waals surface area contributed by atoms with Gasteiger partial charge in [-0.05, 0) is 6.07 Å². The van der Waals surface area contributed by atoms with Crippen molar-refractivity contribution in [2.75, 3.05) is 31.3 Å². The molecule has 140 valence electrons. The van der Waals surface area contributed by atoms with E-state index in [0.717, 1.165) is 0 Å². The molecule has 3 aromatic heterocycles. The zero-order valence-electron chi connectivity index (χ0n) is 14.5. The van der Waals surface area contributed by atoms with Gasteiger partial charge in [-0.3, -0.25) is 9.48 Å². The number of aryl methyl sites for hydroxylation is 1. The van der Waals surface area contributed by atoms with Gasteiger partial charge in [0, 0.05) is 32.4 Å². The summed E-state index contributed by atoms with van der Waals surface area (Å²) >= 11 is 0. The lowest BCUT2D eigenvalue weighted by Gasteiger charge is -2.37. The van der Waals surface area contributed by atoms with Crippen molar-refractivity contribution in [2.24, 2.45) is 7.05 Å². The van der Waals surface area contributed by atoms with Crippen LogP contribution in [-0.4, -0.2) is 72.7 Å². The Balaban J connectivity index is 1.81. The van der Waals surface area contributed by atoms with Crippen molar-refractivity contribution < 1.29 is 19.4 Å². The van der Waals surface area contributed by atoms with E-state index in [1.54, 1.807) is 29.9 Å². The number of carbonyl (C=O) groups is 2. The Kier molecular flexibility index (Phi) is 4.30. The lowest BCUT2D eigenvalue weighted by Crippen LogP contribution is -2.52. The molecule has 0 radical (unpaired) electrons. The van der Waals surface area contributed by atoms with Crippen LogP contribution >= 0.6 is 0 Å². The summed E-state index contributed by atoms with van der Waals surface area (Å²) in [6.45, 7) is 1.91. The van der Waals surface area contributed by atoms with E-state index in [0.29, 0.717) is 37.6 Å². The number of pyridine rings is 1. The van der Waals surface area contributed by atoms with Crippen LogP contribution in [0.1, 0.15) is 20.8 Å². The Morgan fingerprint density at radius 3 is 2.78 bits per heavy atom. The predicted octanol–water partition coefficient (Wildman–Crippen LogP) is 0.0550. The fourth-order valence-electron chi connectivity index (χ4n) is 3.05. The quantitative estimate of drug-likeness (QED) is 0.684. The highest BCUT2D eigenvalue weighted by molar-refractivity contribution is 6.10. The molecule has 11 heteroatoms. The molecule has 1 amide bonds. The molecule has 4 heterocycles. The first kappa shape index (κ1) is 17.1. The Morgan fingerprint density at radius 2 is 2.04 bits per heavy atom. The summed E-state index contributed by atoms with van der Waals surface area (Å²) in [6.07, 6.45) is 4.29. The average Bonchev–Trinajstić information content (AvgIpc) is 3.28. The fourth-order valence-corrected chi connectivity index (χ4v) is 3.05. The highest BCUT2D eigenvalue weighted by atomic mass is 16.5. The fraction of sp³-hybridized carbons (Fsp3) is 0.312. The monoisotopic (exact) mass is 371 g/mol. The topological polar surface area (TPSA) is 118 Å². The first-order chi connectivity index (χ1) is 13.1. The molecule has 1 aliphatic heterocycles. The van der Waals surface area contributed by atoms with Gasteiger partial charge in [-0.25, -0.2) is 24.3 Å². The number of nitrogens with zero attached hydrogens (tertiary/aromatic N) is 7. The third-order valence-corrected chi connectivity index (χ3v) is 4.34. The van der Waals surface area contributed by atoms with E-state index in [2.05, 4.69) is 15.2 Å².